The number of fused-ring (bicyclic) bond motifs is 1. The largest absolute Gasteiger partial charge is 0.359 e. The van der Waals surface area contributed by atoms with Crippen molar-refractivity contribution < 1.29 is 4.74 Å². The first-order valence-electron chi connectivity index (χ1n) is 13.5. The third-order valence-electron chi connectivity index (χ3n) is 8.16. The molecular weight excluding hydrogens is 438 g/mol. The highest BCUT2D eigenvalue weighted by Gasteiger charge is 2.49. The number of hydrogen-bond acceptors (Lipinski definition) is 2. The molecule has 0 aliphatic carbocycles. The molecular formula is C34H37NO. The van der Waals surface area contributed by atoms with Crippen molar-refractivity contribution >= 4 is 17.1 Å². The van der Waals surface area contributed by atoms with Crippen LogP contribution in [0.1, 0.15) is 64.5 Å². The predicted molar refractivity (Wildman–Crippen MR) is 152 cm³/mol. The Morgan fingerprint density at radius 2 is 0.944 bits per heavy atom. The van der Waals surface area contributed by atoms with Gasteiger partial charge in [-0.1, -0.05) is 88.4 Å². The lowest BCUT2D eigenvalue weighted by atomic mass is 9.81. The number of hydrogen-bond donors (Lipinski definition) is 0. The molecule has 2 heteroatoms. The van der Waals surface area contributed by atoms with Crippen molar-refractivity contribution in [1.82, 2.24) is 0 Å². The summed E-state index contributed by atoms with van der Waals surface area (Å²) in [6.07, 6.45) is 3.98. The van der Waals surface area contributed by atoms with Crippen molar-refractivity contribution in [1.29, 1.82) is 0 Å². The lowest BCUT2D eigenvalue weighted by Crippen LogP contribution is -2.31. The molecule has 5 rings (SSSR count). The first kappa shape index (κ1) is 24.3. The summed E-state index contributed by atoms with van der Waals surface area (Å²) >= 11 is 0. The van der Waals surface area contributed by atoms with Crippen LogP contribution in [0.15, 0.2) is 103 Å². The van der Waals surface area contributed by atoms with Crippen LogP contribution in [-0.2, 0) is 15.9 Å². The summed E-state index contributed by atoms with van der Waals surface area (Å²) in [6.45, 7) is 9.04. The van der Waals surface area contributed by atoms with E-state index in [-0.39, 0.29) is 11.2 Å². The fraction of sp³-hybridized carbons (Fsp3) is 0.294. The molecule has 1 aliphatic rings. The van der Waals surface area contributed by atoms with Crippen molar-refractivity contribution in [3.63, 3.8) is 0 Å². The average molecular weight is 476 g/mol. The van der Waals surface area contributed by atoms with Crippen LogP contribution < -0.4 is 4.90 Å². The van der Waals surface area contributed by atoms with Gasteiger partial charge < -0.3 is 9.64 Å². The average Bonchev–Trinajstić information content (AvgIpc) is 3.25. The summed E-state index contributed by atoms with van der Waals surface area (Å²) in [5.74, 6) is 0. The molecule has 0 bridgehead atoms. The number of ether oxygens (including phenoxy) is 1. The third-order valence-corrected chi connectivity index (χ3v) is 8.16. The molecule has 0 aromatic heterocycles. The molecule has 0 radical (unpaired) electrons. The minimum atomic E-state index is -0.200. The molecule has 1 heterocycles. The molecule has 0 saturated carbocycles. The monoisotopic (exact) mass is 475 g/mol. The Labute approximate surface area is 216 Å². The molecule has 0 amide bonds. The first-order chi connectivity index (χ1) is 17.6. The van der Waals surface area contributed by atoms with Gasteiger partial charge in [-0.25, -0.2) is 0 Å². The summed E-state index contributed by atoms with van der Waals surface area (Å²) in [6, 6.07) is 37.1. The second-order valence-corrected chi connectivity index (χ2v) is 9.82. The number of para-hydroxylation sites is 2. The Bertz CT molecular complexity index is 1250. The highest BCUT2D eigenvalue weighted by molar-refractivity contribution is 5.78. The van der Waals surface area contributed by atoms with Crippen LogP contribution in [0.3, 0.4) is 0 Å². The van der Waals surface area contributed by atoms with E-state index < -0.39 is 0 Å². The zero-order chi connectivity index (χ0) is 25.2. The normalized spacial score (nSPS) is 15.4. The summed E-state index contributed by atoms with van der Waals surface area (Å²) < 4.78 is 6.94. The van der Waals surface area contributed by atoms with Crippen LogP contribution in [0.2, 0.25) is 0 Å². The van der Waals surface area contributed by atoms with Crippen molar-refractivity contribution in [3.8, 4) is 11.1 Å². The lowest BCUT2D eigenvalue weighted by molar-refractivity contribution is -0.151. The SMILES string of the molecule is CCC1(CC)OC(CC)(CC)c2cc(-c3ccc(N(c4ccccc4)c4ccccc4)cc3)ccc21. The predicted octanol–water partition coefficient (Wildman–Crippen LogP) is 9.88. The Morgan fingerprint density at radius 3 is 1.44 bits per heavy atom. The third kappa shape index (κ3) is 4.04. The minimum Gasteiger partial charge on any atom is -0.359 e. The molecule has 0 saturated heterocycles. The molecule has 4 aromatic carbocycles. The van der Waals surface area contributed by atoms with E-state index in [9.17, 15) is 0 Å². The zero-order valence-electron chi connectivity index (χ0n) is 22.0. The second kappa shape index (κ2) is 9.95. The topological polar surface area (TPSA) is 12.5 Å². The first-order valence-corrected chi connectivity index (χ1v) is 13.5. The highest BCUT2D eigenvalue weighted by Crippen LogP contribution is 2.54. The number of nitrogens with zero attached hydrogens (tertiary/aromatic N) is 1. The molecule has 1 aliphatic heterocycles. The van der Waals surface area contributed by atoms with E-state index in [4.69, 9.17) is 4.74 Å². The number of benzene rings is 4. The standard InChI is InChI=1S/C34H37NO/c1-5-33(6-2)31-24-21-27(25-32(31)34(7-3,8-4)36-33)26-19-22-30(23-20-26)35(28-15-11-9-12-16-28)29-17-13-10-14-18-29/h9-25H,5-8H2,1-4H3. The van der Waals surface area contributed by atoms with E-state index in [0.29, 0.717) is 0 Å². The van der Waals surface area contributed by atoms with Crippen LogP contribution in [0, 0.1) is 0 Å². The van der Waals surface area contributed by atoms with E-state index in [1.54, 1.807) is 0 Å². The maximum atomic E-state index is 6.94. The molecule has 2 nitrogen and oxygen atoms in total. The van der Waals surface area contributed by atoms with E-state index in [1.807, 2.05) is 0 Å². The van der Waals surface area contributed by atoms with Gasteiger partial charge in [-0.2, -0.15) is 0 Å². The van der Waals surface area contributed by atoms with Crippen molar-refractivity contribution in [2.45, 2.75) is 64.6 Å². The molecule has 0 spiro atoms. The van der Waals surface area contributed by atoms with Crippen molar-refractivity contribution in [2.24, 2.45) is 0 Å². The summed E-state index contributed by atoms with van der Waals surface area (Å²) in [4.78, 5) is 2.30. The maximum Gasteiger partial charge on any atom is 0.0942 e. The van der Waals surface area contributed by atoms with Gasteiger partial charge in [0.1, 0.15) is 0 Å². The Morgan fingerprint density at radius 1 is 0.500 bits per heavy atom. The molecule has 0 fully saturated rings. The van der Waals surface area contributed by atoms with Crippen molar-refractivity contribution in [2.75, 3.05) is 4.90 Å². The molecule has 0 unspecified atom stereocenters. The van der Waals surface area contributed by atoms with Gasteiger partial charge in [0, 0.05) is 17.1 Å². The maximum absolute atomic E-state index is 6.94. The van der Waals surface area contributed by atoms with E-state index >= 15 is 0 Å². The van der Waals surface area contributed by atoms with Crippen LogP contribution in [-0.4, -0.2) is 0 Å². The Hall–Kier alpha value is -3.36. The Kier molecular flexibility index (Phi) is 6.73. The smallest absolute Gasteiger partial charge is 0.0942 e. The highest BCUT2D eigenvalue weighted by atomic mass is 16.5. The van der Waals surface area contributed by atoms with Crippen LogP contribution in [0.4, 0.5) is 17.1 Å². The molecule has 36 heavy (non-hydrogen) atoms. The van der Waals surface area contributed by atoms with Crippen LogP contribution in [0.5, 0.6) is 0 Å². The summed E-state index contributed by atoms with van der Waals surface area (Å²) in [7, 11) is 0. The van der Waals surface area contributed by atoms with Crippen LogP contribution in [0.25, 0.3) is 11.1 Å². The molecule has 184 valence electrons. The van der Waals surface area contributed by atoms with Gasteiger partial charge in [0.25, 0.3) is 0 Å². The van der Waals surface area contributed by atoms with Crippen LogP contribution >= 0.6 is 0 Å². The lowest BCUT2D eigenvalue weighted by Gasteiger charge is -2.34. The molecule has 0 atom stereocenters. The summed E-state index contributed by atoms with van der Waals surface area (Å²) in [5, 5.41) is 0. The van der Waals surface area contributed by atoms with Gasteiger partial charge in [0.15, 0.2) is 0 Å². The quantitative estimate of drug-likeness (QED) is 0.251. The van der Waals surface area contributed by atoms with E-state index in [0.717, 1.165) is 42.7 Å². The van der Waals surface area contributed by atoms with Gasteiger partial charge in [0.2, 0.25) is 0 Å². The van der Waals surface area contributed by atoms with Gasteiger partial charge in [-0.05, 0) is 90.4 Å². The van der Waals surface area contributed by atoms with Gasteiger partial charge in [-0.15, -0.1) is 0 Å². The molecule has 0 N–H and O–H groups in total. The van der Waals surface area contributed by atoms with Gasteiger partial charge in [-0.3, -0.25) is 0 Å². The van der Waals surface area contributed by atoms with Crippen molar-refractivity contribution in [3.05, 3.63) is 114 Å². The fourth-order valence-electron chi connectivity index (χ4n) is 5.94. The zero-order valence-corrected chi connectivity index (χ0v) is 22.0. The fourth-order valence-corrected chi connectivity index (χ4v) is 5.94. The van der Waals surface area contributed by atoms with Gasteiger partial charge in [0.05, 0.1) is 11.2 Å². The second-order valence-electron chi connectivity index (χ2n) is 9.82. The minimum absolute atomic E-state index is 0.171. The van der Waals surface area contributed by atoms with Gasteiger partial charge >= 0.3 is 0 Å². The number of rotatable bonds is 8. The Balaban J connectivity index is 1.55. The summed E-state index contributed by atoms with van der Waals surface area (Å²) in [5.41, 5.74) is 8.33. The van der Waals surface area contributed by atoms with E-state index in [1.165, 1.54) is 22.3 Å². The number of anilines is 3. The van der Waals surface area contributed by atoms with E-state index in [2.05, 4.69) is 136 Å². The molecule has 4 aromatic rings.